The van der Waals surface area contributed by atoms with Gasteiger partial charge in [0.1, 0.15) is 0 Å². The van der Waals surface area contributed by atoms with Crippen LogP contribution in [0.25, 0.3) is 11.3 Å². The van der Waals surface area contributed by atoms with Gasteiger partial charge in [-0.15, -0.1) is 0 Å². The molecule has 2 aromatic heterocycles. The number of hydrogen-bond acceptors (Lipinski definition) is 2. The molecule has 0 bridgehead atoms. The molecule has 0 saturated carbocycles. The molecule has 4 nitrogen and oxygen atoms in total. The molecule has 0 atom stereocenters. The van der Waals surface area contributed by atoms with Crippen molar-refractivity contribution in [1.29, 1.82) is 0 Å². The first-order valence-electron chi connectivity index (χ1n) is 3.85. The lowest BCUT2D eigenvalue weighted by molar-refractivity contribution is 0.766. The minimum atomic E-state index is 0.649. The van der Waals surface area contributed by atoms with Crippen LogP contribution >= 0.6 is 11.6 Å². The van der Waals surface area contributed by atoms with Gasteiger partial charge in [-0.1, -0.05) is 11.6 Å². The van der Waals surface area contributed by atoms with Crippen molar-refractivity contribution in [3.8, 4) is 11.3 Å². The minimum Gasteiger partial charge on any atom is -0.275 e. The number of aryl methyl sites for hydroxylation is 2. The highest BCUT2D eigenvalue weighted by atomic mass is 35.5. The number of halogens is 1. The van der Waals surface area contributed by atoms with Gasteiger partial charge in [0, 0.05) is 25.9 Å². The molecule has 0 aromatic carbocycles. The van der Waals surface area contributed by atoms with Crippen LogP contribution in [0.2, 0.25) is 5.02 Å². The van der Waals surface area contributed by atoms with Gasteiger partial charge in [0.25, 0.3) is 0 Å². The normalized spacial score (nSPS) is 10.7. The number of nitrogens with zero attached hydrogens (tertiary/aromatic N) is 4. The quantitative estimate of drug-likeness (QED) is 0.693. The molecular weight excluding hydrogens is 188 g/mol. The molecule has 0 spiro atoms. The van der Waals surface area contributed by atoms with Crippen molar-refractivity contribution < 1.29 is 0 Å². The molecule has 0 N–H and O–H groups in total. The van der Waals surface area contributed by atoms with Crippen LogP contribution in [0.4, 0.5) is 0 Å². The second kappa shape index (κ2) is 2.88. The zero-order valence-corrected chi connectivity index (χ0v) is 8.15. The van der Waals surface area contributed by atoms with Crippen molar-refractivity contribution in [2.75, 3.05) is 0 Å². The van der Waals surface area contributed by atoms with Gasteiger partial charge in [0.2, 0.25) is 0 Å². The van der Waals surface area contributed by atoms with E-state index in [9.17, 15) is 0 Å². The zero-order chi connectivity index (χ0) is 9.42. The average Bonchev–Trinajstić information content (AvgIpc) is 2.60. The van der Waals surface area contributed by atoms with E-state index < -0.39 is 0 Å². The van der Waals surface area contributed by atoms with Crippen LogP contribution in [0.5, 0.6) is 0 Å². The van der Waals surface area contributed by atoms with Crippen LogP contribution in [-0.2, 0) is 14.1 Å². The Morgan fingerprint density at radius 1 is 1.23 bits per heavy atom. The summed E-state index contributed by atoms with van der Waals surface area (Å²) in [6.07, 6.45) is 5.30. The van der Waals surface area contributed by atoms with E-state index in [1.165, 1.54) is 0 Å². The van der Waals surface area contributed by atoms with Crippen molar-refractivity contribution in [3.63, 3.8) is 0 Å². The van der Waals surface area contributed by atoms with Gasteiger partial charge in [-0.3, -0.25) is 9.36 Å². The van der Waals surface area contributed by atoms with E-state index in [1.807, 2.05) is 20.3 Å². The summed E-state index contributed by atoms with van der Waals surface area (Å²) in [4.78, 5) is 0. The van der Waals surface area contributed by atoms with Gasteiger partial charge in [0.15, 0.2) is 0 Å². The molecule has 0 amide bonds. The Morgan fingerprint density at radius 3 is 2.46 bits per heavy atom. The molecule has 0 aliphatic carbocycles. The summed E-state index contributed by atoms with van der Waals surface area (Å²) in [7, 11) is 3.72. The second-order valence-corrected chi connectivity index (χ2v) is 3.27. The van der Waals surface area contributed by atoms with E-state index in [-0.39, 0.29) is 0 Å². The molecule has 13 heavy (non-hydrogen) atoms. The third-order valence-electron chi connectivity index (χ3n) is 1.87. The van der Waals surface area contributed by atoms with E-state index in [0.29, 0.717) is 5.02 Å². The SMILES string of the molecule is Cn1cc(-c2c(Cl)cnn2C)cn1. The molecule has 0 aliphatic heterocycles. The van der Waals surface area contributed by atoms with Crippen LogP contribution in [0.3, 0.4) is 0 Å². The smallest absolute Gasteiger partial charge is 0.0897 e. The molecule has 0 fully saturated rings. The Morgan fingerprint density at radius 2 is 2.00 bits per heavy atom. The van der Waals surface area contributed by atoms with Crippen LogP contribution in [0.15, 0.2) is 18.6 Å². The fourth-order valence-corrected chi connectivity index (χ4v) is 1.55. The fourth-order valence-electron chi connectivity index (χ4n) is 1.28. The molecule has 0 aliphatic rings. The lowest BCUT2D eigenvalue weighted by Gasteiger charge is -1.97. The predicted octanol–water partition coefficient (Wildman–Crippen LogP) is 1.47. The summed E-state index contributed by atoms with van der Waals surface area (Å²) < 4.78 is 3.47. The van der Waals surface area contributed by atoms with Crippen molar-refractivity contribution in [3.05, 3.63) is 23.6 Å². The molecule has 0 radical (unpaired) electrons. The summed E-state index contributed by atoms with van der Waals surface area (Å²) in [5.74, 6) is 0. The molecule has 68 valence electrons. The summed E-state index contributed by atoms with van der Waals surface area (Å²) >= 11 is 5.97. The van der Waals surface area contributed by atoms with E-state index in [2.05, 4.69) is 10.2 Å². The van der Waals surface area contributed by atoms with Gasteiger partial charge in [-0.2, -0.15) is 10.2 Å². The highest BCUT2D eigenvalue weighted by molar-refractivity contribution is 6.33. The largest absolute Gasteiger partial charge is 0.275 e. The Bertz CT molecular complexity index is 410. The van der Waals surface area contributed by atoms with Gasteiger partial charge >= 0.3 is 0 Å². The predicted molar refractivity (Wildman–Crippen MR) is 50.4 cm³/mol. The molecular formula is C8H9ClN4. The maximum atomic E-state index is 5.97. The second-order valence-electron chi connectivity index (χ2n) is 2.87. The van der Waals surface area contributed by atoms with Gasteiger partial charge in [-0.25, -0.2) is 0 Å². The topological polar surface area (TPSA) is 35.6 Å². The van der Waals surface area contributed by atoms with Gasteiger partial charge in [0.05, 0.1) is 23.1 Å². The average molecular weight is 197 g/mol. The Hall–Kier alpha value is -1.29. The van der Waals surface area contributed by atoms with E-state index in [4.69, 9.17) is 11.6 Å². The maximum Gasteiger partial charge on any atom is 0.0897 e. The highest BCUT2D eigenvalue weighted by Gasteiger charge is 2.09. The summed E-state index contributed by atoms with van der Waals surface area (Å²) in [6.45, 7) is 0. The first kappa shape index (κ1) is 8.31. The summed E-state index contributed by atoms with van der Waals surface area (Å²) in [6, 6.07) is 0. The molecule has 5 heteroatoms. The van der Waals surface area contributed by atoms with Crippen molar-refractivity contribution in [2.24, 2.45) is 14.1 Å². The monoisotopic (exact) mass is 196 g/mol. The fraction of sp³-hybridized carbons (Fsp3) is 0.250. The van der Waals surface area contributed by atoms with E-state index in [0.717, 1.165) is 11.3 Å². The molecule has 2 aromatic rings. The zero-order valence-electron chi connectivity index (χ0n) is 7.40. The summed E-state index contributed by atoms with van der Waals surface area (Å²) in [5, 5.41) is 8.77. The third kappa shape index (κ3) is 1.33. The number of rotatable bonds is 1. The van der Waals surface area contributed by atoms with Gasteiger partial charge in [-0.05, 0) is 0 Å². The van der Waals surface area contributed by atoms with Crippen LogP contribution in [-0.4, -0.2) is 19.6 Å². The Balaban J connectivity index is 2.57. The van der Waals surface area contributed by atoms with Gasteiger partial charge < -0.3 is 0 Å². The Kier molecular flexibility index (Phi) is 1.84. The highest BCUT2D eigenvalue weighted by Crippen LogP contribution is 2.25. The molecule has 2 heterocycles. The molecule has 0 unspecified atom stereocenters. The van der Waals surface area contributed by atoms with Crippen molar-refractivity contribution >= 4 is 11.6 Å². The lowest BCUT2D eigenvalue weighted by atomic mass is 10.2. The maximum absolute atomic E-state index is 5.97. The van der Waals surface area contributed by atoms with E-state index >= 15 is 0 Å². The molecule has 0 saturated heterocycles. The first-order valence-corrected chi connectivity index (χ1v) is 4.23. The number of hydrogen-bond donors (Lipinski definition) is 0. The standard InChI is InChI=1S/C8H9ClN4/c1-12-5-6(3-10-12)8-7(9)4-11-13(8)2/h3-5H,1-2H3. The minimum absolute atomic E-state index is 0.649. The number of aromatic nitrogens is 4. The van der Waals surface area contributed by atoms with Crippen molar-refractivity contribution in [2.45, 2.75) is 0 Å². The van der Waals surface area contributed by atoms with Crippen molar-refractivity contribution in [1.82, 2.24) is 19.6 Å². The first-order chi connectivity index (χ1) is 6.18. The lowest BCUT2D eigenvalue weighted by Crippen LogP contribution is -1.92. The molecule has 2 rings (SSSR count). The van der Waals surface area contributed by atoms with Crippen LogP contribution in [0.1, 0.15) is 0 Å². The van der Waals surface area contributed by atoms with Crippen LogP contribution in [0, 0.1) is 0 Å². The summed E-state index contributed by atoms with van der Waals surface area (Å²) in [5.41, 5.74) is 1.88. The van der Waals surface area contributed by atoms with Crippen LogP contribution < -0.4 is 0 Å². The van der Waals surface area contributed by atoms with E-state index in [1.54, 1.807) is 21.8 Å². The Labute approximate surface area is 80.7 Å². The third-order valence-corrected chi connectivity index (χ3v) is 2.15.